The number of cyclic esters (lactones) is 2. The fraction of sp³-hybridized carbons (Fsp3) is 0.174. The van der Waals surface area contributed by atoms with Gasteiger partial charge < -0.3 is 14.5 Å². The topological polar surface area (TPSA) is 85.5 Å². The summed E-state index contributed by atoms with van der Waals surface area (Å²) in [6.45, 7) is 3.04. The van der Waals surface area contributed by atoms with E-state index in [0.717, 1.165) is 20.0 Å². The van der Waals surface area contributed by atoms with Crippen LogP contribution in [-0.4, -0.2) is 22.7 Å². The molecule has 0 atom stereocenters. The molecular weight excluding hydrogens is 530 g/mol. The van der Waals surface area contributed by atoms with Gasteiger partial charge in [-0.25, -0.2) is 9.59 Å². The third-order valence-electron chi connectivity index (χ3n) is 4.29. The number of rotatable bonds is 2. The third-order valence-corrected chi connectivity index (χ3v) is 5.31. The van der Waals surface area contributed by atoms with Crippen LogP contribution in [0.4, 0.5) is 0 Å². The van der Waals surface area contributed by atoms with Crippen molar-refractivity contribution in [3.05, 3.63) is 91.1 Å². The second kappa shape index (κ2) is 9.62. The lowest BCUT2D eigenvalue weighted by atomic mass is 10.1. The Hall–Kier alpha value is -2.71. The molecule has 2 heterocycles. The predicted molar refractivity (Wildman–Crippen MR) is 124 cm³/mol. The van der Waals surface area contributed by atoms with Crippen molar-refractivity contribution < 1.29 is 19.1 Å². The number of nitrogens with one attached hydrogen (secondary N) is 1. The van der Waals surface area contributed by atoms with Crippen LogP contribution in [0.1, 0.15) is 19.4 Å². The van der Waals surface area contributed by atoms with Gasteiger partial charge in [0.25, 0.3) is 5.79 Å². The molecule has 1 aliphatic heterocycles. The highest BCUT2D eigenvalue weighted by Gasteiger charge is 2.38. The van der Waals surface area contributed by atoms with Gasteiger partial charge in [-0.2, -0.15) is 0 Å². The minimum Gasteiger partial charge on any atom is -0.419 e. The Balaban J connectivity index is 0.000000194. The van der Waals surface area contributed by atoms with Crippen LogP contribution in [0, 0.1) is 0 Å². The first-order chi connectivity index (χ1) is 14.6. The second-order valence-corrected chi connectivity index (χ2v) is 8.99. The van der Waals surface area contributed by atoms with Crippen molar-refractivity contribution in [2.75, 3.05) is 0 Å². The molecular formula is C23H19Br2NO5. The van der Waals surface area contributed by atoms with Gasteiger partial charge in [0.15, 0.2) is 5.43 Å². The number of hydrogen-bond acceptors (Lipinski definition) is 5. The van der Waals surface area contributed by atoms with Gasteiger partial charge in [-0.1, -0.05) is 50.1 Å². The molecule has 0 bridgehead atoms. The quantitative estimate of drug-likeness (QED) is 0.275. The standard InChI is InChI=1S/C14H13BrO4.C9H6BrNO/c1-14(2)18-12(16)11(13(17)19-14)8-5-9-3-6-10(15)7-4-9;10-6-1-2-8-7(5-6)9(12)3-4-11-8/h3-4,6-8H,5H2,1-2H3;1-5H,(H,11,12). The number of aromatic amines is 1. The third kappa shape index (κ3) is 6.15. The van der Waals surface area contributed by atoms with Crippen LogP contribution in [0.15, 0.2) is 80.1 Å². The highest BCUT2D eigenvalue weighted by Crippen LogP contribution is 2.23. The minimum atomic E-state index is -1.19. The number of allylic oxidation sites excluding steroid dienone is 1. The number of fused-ring (bicyclic) bond motifs is 1. The number of H-pyrrole nitrogens is 1. The Morgan fingerprint density at radius 1 is 0.903 bits per heavy atom. The van der Waals surface area contributed by atoms with E-state index in [9.17, 15) is 14.4 Å². The smallest absolute Gasteiger partial charge is 0.348 e. The molecule has 1 N–H and O–H groups in total. The van der Waals surface area contributed by atoms with Gasteiger partial charge >= 0.3 is 11.9 Å². The molecule has 31 heavy (non-hydrogen) atoms. The number of carbonyl (C=O) groups is 2. The summed E-state index contributed by atoms with van der Waals surface area (Å²) < 4.78 is 11.9. The van der Waals surface area contributed by atoms with Crippen molar-refractivity contribution in [2.45, 2.75) is 26.1 Å². The summed E-state index contributed by atoms with van der Waals surface area (Å²) in [5.74, 6) is -2.47. The summed E-state index contributed by atoms with van der Waals surface area (Å²) in [6.07, 6.45) is 3.65. The Bertz CT molecular complexity index is 1190. The normalized spacial score (nSPS) is 14.9. The maximum atomic E-state index is 11.7. The molecule has 8 heteroatoms. The molecule has 1 aliphatic rings. The number of esters is 2. The second-order valence-electron chi connectivity index (χ2n) is 7.16. The Morgan fingerprint density at radius 2 is 1.52 bits per heavy atom. The summed E-state index contributed by atoms with van der Waals surface area (Å²) in [6, 6.07) is 14.7. The summed E-state index contributed by atoms with van der Waals surface area (Å²) in [5, 5.41) is 0.715. The van der Waals surface area contributed by atoms with Crippen molar-refractivity contribution in [1.29, 1.82) is 0 Å². The largest absolute Gasteiger partial charge is 0.419 e. The van der Waals surface area contributed by atoms with E-state index in [1.165, 1.54) is 26.0 Å². The van der Waals surface area contributed by atoms with E-state index in [1.54, 1.807) is 6.20 Å². The molecule has 4 rings (SSSR count). The lowest BCUT2D eigenvalue weighted by Gasteiger charge is -2.29. The zero-order chi connectivity index (χ0) is 22.6. The van der Waals surface area contributed by atoms with Crippen LogP contribution >= 0.6 is 31.9 Å². The number of pyridine rings is 1. The predicted octanol–water partition coefficient (Wildman–Crippen LogP) is 5.04. The van der Waals surface area contributed by atoms with Crippen molar-refractivity contribution in [3.63, 3.8) is 0 Å². The van der Waals surface area contributed by atoms with Crippen LogP contribution in [0.3, 0.4) is 0 Å². The lowest BCUT2D eigenvalue weighted by Crippen LogP contribution is -2.41. The van der Waals surface area contributed by atoms with E-state index in [-0.39, 0.29) is 11.0 Å². The molecule has 0 radical (unpaired) electrons. The maximum absolute atomic E-state index is 11.7. The Morgan fingerprint density at radius 3 is 2.16 bits per heavy atom. The number of hydrogen-bond donors (Lipinski definition) is 1. The maximum Gasteiger partial charge on any atom is 0.348 e. The molecule has 0 amide bonds. The number of ether oxygens (including phenoxy) is 2. The fourth-order valence-corrected chi connectivity index (χ4v) is 3.44. The summed E-state index contributed by atoms with van der Waals surface area (Å²) in [5.41, 5.74) is 1.85. The van der Waals surface area contributed by atoms with Gasteiger partial charge in [-0.15, -0.1) is 0 Å². The summed E-state index contributed by atoms with van der Waals surface area (Å²) >= 11 is 6.65. The van der Waals surface area contributed by atoms with Gasteiger partial charge in [0.2, 0.25) is 0 Å². The first kappa shape index (κ1) is 23.0. The first-order valence-corrected chi connectivity index (χ1v) is 10.9. The van der Waals surface area contributed by atoms with Gasteiger partial charge in [-0.05, 0) is 42.3 Å². The van der Waals surface area contributed by atoms with Crippen molar-refractivity contribution in [1.82, 2.24) is 4.98 Å². The molecule has 0 aliphatic carbocycles. The van der Waals surface area contributed by atoms with Gasteiger partial charge in [0, 0.05) is 46.0 Å². The number of aromatic nitrogens is 1. The Kier molecular flexibility index (Phi) is 7.12. The first-order valence-electron chi connectivity index (χ1n) is 9.33. The molecule has 0 saturated carbocycles. The van der Waals surface area contributed by atoms with E-state index in [4.69, 9.17) is 9.47 Å². The van der Waals surface area contributed by atoms with Gasteiger partial charge in [-0.3, -0.25) is 4.79 Å². The van der Waals surface area contributed by atoms with E-state index >= 15 is 0 Å². The molecule has 0 unspecified atom stereocenters. The highest BCUT2D eigenvalue weighted by atomic mass is 79.9. The zero-order valence-corrected chi connectivity index (χ0v) is 19.9. The van der Waals surface area contributed by atoms with Crippen LogP contribution in [0.2, 0.25) is 0 Å². The van der Waals surface area contributed by atoms with Gasteiger partial charge in [0.1, 0.15) is 5.57 Å². The minimum absolute atomic E-state index is 0.0463. The molecule has 1 saturated heterocycles. The van der Waals surface area contributed by atoms with Crippen LogP contribution in [0.25, 0.3) is 10.9 Å². The molecule has 3 aromatic rings. The Labute approximate surface area is 195 Å². The van der Waals surface area contributed by atoms with Crippen molar-refractivity contribution in [2.24, 2.45) is 0 Å². The number of halogens is 2. The van der Waals surface area contributed by atoms with Crippen molar-refractivity contribution in [3.8, 4) is 0 Å². The fourth-order valence-electron chi connectivity index (χ4n) is 2.81. The van der Waals surface area contributed by atoms with Crippen LogP contribution in [-0.2, 0) is 25.5 Å². The lowest BCUT2D eigenvalue weighted by molar-refractivity contribution is -0.222. The number of carbonyl (C=O) groups excluding carboxylic acids is 2. The van der Waals surface area contributed by atoms with E-state index in [2.05, 4.69) is 36.8 Å². The molecule has 1 fully saturated rings. The van der Waals surface area contributed by atoms with E-state index in [0.29, 0.717) is 11.8 Å². The summed E-state index contributed by atoms with van der Waals surface area (Å²) in [4.78, 5) is 37.7. The molecule has 6 nitrogen and oxygen atoms in total. The van der Waals surface area contributed by atoms with E-state index < -0.39 is 17.7 Å². The van der Waals surface area contributed by atoms with E-state index in [1.807, 2.05) is 42.5 Å². The molecule has 2 aromatic carbocycles. The molecule has 0 spiro atoms. The van der Waals surface area contributed by atoms with Crippen LogP contribution < -0.4 is 5.43 Å². The average Bonchev–Trinajstić information content (AvgIpc) is 2.69. The zero-order valence-electron chi connectivity index (χ0n) is 16.8. The molecule has 1 aromatic heterocycles. The SMILES string of the molecule is CC1(C)OC(=O)C(=CCc2ccc(Br)cc2)C(=O)O1.O=c1cc[nH]c2ccc(Br)cc12. The highest BCUT2D eigenvalue weighted by molar-refractivity contribution is 9.10. The van der Waals surface area contributed by atoms with Crippen molar-refractivity contribution >= 4 is 54.7 Å². The average molecular weight is 549 g/mol. The van der Waals surface area contributed by atoms with Crippen LogP contribution in [0.5, 0.6) is 0 Å². The van der Waals surface area contributed by atoms with Gasteiger partial charge in [0.05, 0.1) is 0 Å². The summed E-state index contributed by atoms with van der Waals surface area (Å²) in [7, 11) is 0. The molecule has 160 valence electrons. The monoisotopic (exact) mass is 547 g/mol. The number of benzene rings is 2.